The molecule has 0 radical (unpaired) electrons. The number of aromatic nitrogens is 1. The lowest BCUT2D eigenvalue weighted by molar-refractivity contribution is 0.242. The lowest BCUT2D eigenvalue weighted by Crippen LogP contribution is -2.07. The van der Waals surface area contributed by atoms with E-state index in [0.29, 0.717) is 10.8 Å². The number of pyridine rings is 1. The van der Waals surface area contributed by atoms with Gasteiger partial charge in [0.05, 0.1) is 16.6 Å². The van der Waals surface area contributed by atoms with E-state index in [4.69, 9.17) is 27.9 Å². The van der Waals surface area contributed by atoms with Gasteiger partial charge in [0.2, 0.25) is 0 Å². The van der Waals surface area contributed by atoms with Gasteiger partial charge in [-0.3, -0.25) is 0 Å². The van der Waals surface area contributed by atoms with Crippen molar-refractivity contribution in [3.63, 3.8) is 0 Å². The summed E-state index contributed by atoms with van der Waals surface area (Å²) in [5.41, 5.74) is 0.741. The van der Waals surface area contributed by atoms with E-state index in [1.165, 1.54) is 0 Å². The molecular weight excluding hydrogens is 325 g/mol. The maximum atomic E-state index is 6.32. The summed E-state index contributed by atoms with van der Waals surface area (Å²) in [6, 6.07) is 5.65. The number of hydrogen-bond acceptors (Lipinski definition) is 2. The number of nitrogens with zero attached hydrogens (tertiary/aromatic N) is 1. The Hall–Kier alpha value is -0.510. The molecule has 0 aliphatic carbocycles. The van der Waals surface area contributed by atoms with Gasteiger partial charge in [-0.15, -0.1) is 0 Å². The largest absolute Gasteiger partial charge is 0.486 e. The molecule has 0 atom stereocenters. The van der Waals surface area contributed by atoms with E-state index in [9.17, 15) is 0 Å². The molecule has 1 heterocycles. The second kappa shape index (κ2) is 5.01. The van der Waals surface area contributed by atoms with Crippen molar-refractivity contribution >= 4 is 50.0 Å². The topological polar surface area (TPSA) is 22.1 Å². The third-order valence-corrected chi connectivity index (χ3v) is 3.45. The van der Waals surface area contributed by atoms with Gasteiger partial charge in [-0.2, -0.15) is 0 Å². The molecule has 0 amide bonds. The average Bonchev–Trinajstić information content (AvgIpc) is 2.23. The van der Waals surface area contributed by atoms with Crippen LogP contribution in [0.5, 0.6) is 5.75 Å². The number of fused-ring (bicyclic) bond motifs is 1. The molecule has 1 aromatic heterocycles. The Labute approximate surface area is 118 Å². The molecular formula is C12H10BrCl2NO. The minimum atomic E-state index is -0.00765. The summed E-state index contributed by atoms with van der Waals surface area (Å²) < 4.78 is 6.46. The highest BCUT2D eigenvalue weighted by molar-refractivity contribution is 9.10. The van der Waals surface area contributed by atoms with Crippen molar-refractivity contribution < 1.29 is 4.74 Å². The van der Waals surface area contributed by atoms with Crippen LogP contribution in [0.1, 0.15) is 13.8 Å². The van der Waals surface area contributed by atoms with E-state index in [1.54, 1.807) is 0 Å². The molecule has 0 aliphatic rings. The highest BCUT2D eigenvalue weighted by Crippen LogP contribution is 2.40. The standard InChI is InChI=1S/C12H10BrCl2NO/c1-6(2)17-11-10(14)9-7(13)4-3-5-8(9)16-12(11)15/h3-6H,1-2H3. The molecule has 2 aromatic rings. The van der Waals surface area contributed by atoms with Crippen LogP contribution in [0.15, 0.2) is 22.7 Å². The highest BCUT2D eigenvalue weighted by atomic mass is 79.9. The molecule has 0 unspecified atom stereocenters. The van der Waals surface area contributed by atoms with Crippen LogP contribution in [0.2, 0.25) is 10.2 Å². The first-order valence-electron chi connectivity index (χ1n) is 5.10. The molecule has 0 aliphatic heterocycles. The molecule has 0 N–H and O–H groups in total. The zero-order valence-electron chi connectivity index (χ0n) is 9.30. The summed E-state index contributed by atoms with van der Waals surface area (Å²) in [4.78, 5) is 4.28. The molecule has 2 rings (SSSR count). The molecule has 1 aromatic carbocycles. The Kier molecular flexibility index (Phi) is 3.81. The number of rotatable bonds is 2. The number of ether oxygens (including phenoxy) is 1. The van der Waals surface area contributed by atoms with Crippen LogP contribution < -0.4 is 4.74 Å². The maximum Gasteiger partial charge on any atom is 0.176 e. The van der Waals surface area contributed by atoms with Gasteiger partial charge in [-0.05, 0) is 26.0 Å². The van der Waals surface area contributed by atoms with E-state index in [-0.39, 0.29) is 11.3 Å². The lowest BCUT2D eigenvalue weighted by Gasteiger charge is -2.14. The Morgan fingerprint density at radius 1 is 1.29 bits per heavy atom. The lowest BCUT2D eigenvalue weighted by atomic mass is 10.2. The predicted molar refractivity (Wildman–Crippen MR) is 75.2 cm³/mol. The normalized spacial score (nSPS) is 11.2. The fraction of sp³-hybridized carbons (Fsp3) is 0.250. The van der Waals surface area contributed by atoms with E-state index in [1.807, 2.05) is 32.0 Å². The van der Waals surface area contributed by atoms with Gasteiger partial charge in [-0.25, -0.2) is 4.98 Å². The highest BCUT2D eigenvalue weighted by Gasteiger charge is 2.16. The van der Waals surface area contributed by atoms with Crippen LogP contribution in [0.3, 0.4) is 0 Å². The summed E-state index contributed by atoms with van der Waals surface area (Å²) >= 11 is 15.8. The molecule has 2 nitrogen and oxygen atoms in total. The molecule has 0 bridgehead atoms. The molecule has 0 saturated carbocycles. The van der Waals surface area contributed by atoms with Gasteiger partial charge in [0.25, 0.3) is 0 Å². The van der Waals surface area contributed by atoms with Gasteiger partial charge >= 0.3 is 0 Å². The second-order valence-electron chi connectivity index (χ2n) is 3.85. The number of benzene rings is 1. The second-order valence-corrected chi connectivity index (χ2v) is 5.44. The maximum absolute atomic E-state index is 6.32. The smallest absolute Gasteiger partial charge is 0.176 e. The van der Waals surface area contributed by atoms with Gasteiger partial charge < -0.3 is 4.74 Å². The first-order chi connectivity index (χ1) is 8.00. The zero-order valence-corrected chi connectivity index (χ0v) is 12.4. The number of hydrogen-bond donors (Lipinski definition) is 0. The van der Waals surface area contributed by atoms with Crippen molar-refractivity contribution in [2.24, 2.45) is 0 Å². The summed E-state index contributed by atoms with van der Waals surface area (Å²) in [5, 5.41) is 1.59. The van der Waals surface area contributed by atoms with Crippen LogP contribution in [0, 0.1) is 0 Å². The van der Waals surface area contributed by atoms with Crippen LogP contribution in [-0.4, -0.2) is 11.1 Å². The molecule has 17 heavy (non-hydrogen) atoms. The van der Waals surface area contributed by atoms with Gasteiger partial charge in [0.15, 0.2) is 10.9 Å². The summed E-state index contributed by atoms with van der Waals surface area (Å²) in [7, 11) is 0. The van der Waals surface area contributed by atoms with Crippen LogP contribution in [-0.2, 0) is 0 Å². The van der Waals surface area contributed by atoms with E-state index in [2.05, 4.69) is 20.9 Å². The quantitative estimate of drug-likeness (QED) is 0.713. The zero-order chi connectivity index (χ0) is 12.6. The van der Waals surface area contributed by atoms with E-state index < -0.39 is 0 Å². The third-order valence-electron chi connectivity index (χ3n) is 2.17. The van der Waals surface area contributed by atoms with Gasteiger partial charge in [-0.1, -0.05) is 45.2 Å². The van der Waals surface area contributed by atoms with Crippen LogP contribution >= 0.6 is 39.1 Å². The molecule has 90 valence electrons. The predicted octanol–water partition coefficient (Wildman–Crippen LogP) is 5.09. The van der Waals surface area contributed by atoms with Gasteiger partial charge in [0, 0.05) is 9.86 Å². The van der Waals surface area contributed by atoms with Crippen molar-refractivity contribution in [1.82, 2.24) is 4.98 Å². The van der Waals surface area contributed by atoms with Crippen molar-refractivity contribution in [2.75, 3.05) is 0 Å². The summed E-state index contributed by atoms with van der Waals surface area (Å²) in [6.07, 6.45) is -0.00765. The monoisotopic (exact) mass is 333 g/mol. The van der Waals surface area contributed by atoms with Crippen molar-refractivity contribution in [3.05, 3.63) is 32.8 Å². The Balaban J connectivity index is 2.74. The third kappa shape index (κ3) is 2.51. The van der Waals surface area contributed by atoms with E-state index >= 15 is 0 Å². The summed E-state index contributed by atoms with van der Waals surface area (Å²) in [5.74, 6) is 0.433. The van der Waals surface area contributed by atoms with Crippen LogP contribution in [0.4, 0.5) is 0 Å². The van der Waals surface area contributed by atoms with E-state index in [0.717, 1.165) is 15.4 Å². The molecule has 0 saturated heterocycles. The first kappa shape index (κ1) is 12.9. The fourth-order valence-electron chi connectivity index (χ4n) is 1.52. The Morgan fingerprint density at radius 2 is 2.00 bits per heavy atom. The SMILES string of the molecule is CC(C)Oc1c(Cl)nc2cccc(Br)c2c1Cl. The number of halogens is 3. The average molecular weight is 335 g/mol. The summed E-state index contributed by atoms with van der Waals surface area (Å²) in [6.45, 7) is 3.83. The van der Waals surface area contributed by atoms with Gasteiger partial charge in [0.1, 0.15) is 0 Å². The van der Waals surface area contributed by atoms with Crippen molar-refractivity contribution in [2.45, 2.75) is 20.0 Å². The van der Waals surface area contributed by atoms with Crippen LogP contribution in [0.25, 0.3) is 10.9 Å². The minimum absolute atomic E-state index is 0.00765. The Bertz CT molecular complexity index is 572. The minimum Gasteiger partial charge on any atom is -0.486 e. The molecule has 0 fully saturated rings. The molecule has 5 heteroatoms. The Morgan fingerprint density at radius 3 is 2.65 bits per heavy atom. The fourth-order valence-corrected chi connectivity index (χ4v) is 2.80. The molecule has 0 spiro atoms. The van der Waals surface area contributed by atoms with Crippen molar-refractivity contribution in [3.8, 4) is 5.75 Å². The first-order valence-corrected chi connectivity index (χ1v) is 6.65. The van der Waals surface area contributed by atoms with Crippen molar-refractivity contribution in [1.29, 1.82) is 0 Å².